The highest BCUT2D eigenvalue weighted by atomic mass is 127. The van der Waals surface area contributed by atoms with Gasteiger partial charge in [0.25, 0.3) is 17.5 Å². The third-order valence-corrected chi connectivity index (χ3v) is 5.25. The molecule has 0 saturated heterocycles. The van der Waals surface area contributed by atoms with Gasteiger partial charge in [-0.25, -0.2) is 0 Å². The van der Waals surface area contributed by atoms with E-state index < -0.39 is 16.7 Å². The molecule has 3 aromatic carbocycles. The van der Waals surface area contributed by atoms with Crippen LogP contribution in [0.25, 0.3) is 6.08 Å². The van der Waals surface area contributed by atoms with E-state index in [4.69, 9.17) is 0 Å². The largest absolute Gasteiger partial charge is 0.321 e. The summed E-state index contributed by atoms with van der Waals surface area (Å²) in [5.41, 5.74) is 2.27. The molecule has 0 fully saturated rings. The average molecular weight is 527 g/mol. The maximum Gasteiger partial charge on any atom is 0.272 e. The number of aryl methyl sites for hydroxylation is 1. The lowest BCUT2D eigenvalue weighted by atomic mass is 10.1. The lowest BCUT2D eigenvalue weighted by molar-refractivity contribution is -0.384. The number of carbonyl (C=O) groups excluding carboxylic acids is 2. The molecule has 2 amide bonds. The van der Waals surface area contributed by atoms with E-state index in [2.05, 4.69) is 10.6 Å². The summed E-state index contributed by atoms with van der Waals surface area (Å²) in [6, 6.07) is 20.0. The number of carbonyl (C=O) groups is 2. The minimum absolute atomic E-state index is 0.0364. The standard InChI is InChI=1S/C23H18IN3O4/c1-15-9-11-17(12-10-15)25-23(29)21(14-16-5-4-6-18(13-16)27(30)31)26-22(28)19-7-2-3-8-20(19)24/h2-14H,1H3,(H,25,29)(H,26,28)/b21-14+. The van der Waals surface area contributed by atoms with Crippen LogP contribution in [-0.2, 0) is 4.79 Å². The van der Waals surface area contributed by atoms with Crippen molar-refractivity contribution < 1.29 is 14.5 Å². The van der Waals surface area contributed by atoms with E-state index in [0.717, 1.165) is 9.13 Å². The summed E-state index contributed by atoms with van der Waals surface area (Å²) >= 11 is 2.04. The van der Waals surface area contributed by atoms with Crippen LogP contribution >= 0.6 is 22.6 Å². The molecule has 3 aromatic rings. The second-order valence-electron chi connectivity index (χ2n) is 6.66. The number of amides is 2. The van der Waals surface area contributed by atoms with Gasteiger partial charge in [-0.3, -0.25) is 19.7 Å². The molecule has 0 spiro atoms. The second kappa shape index (κ2) is 9.98. The fourth-order valence-electron chi connectivity index (χ4n) is 2.72. The number of nitro groups is 1. The van der Waals surface area contributed by atoms with E-state index >= 15 is 0 Å². The lowest BCUT2D eigenvalue weighted by Gasteiger charge is -2.12. The summed E-state index contributed by atoms with van der Waals surface area (Å²) in [4.78, 5) is 36.3. The summed E-state index contributed by atoms with van der Waals surface area (Å²) < 4.78 is 0.728. The van der Waals surface area contributed by atoms with E-state index in [0.29, 0.717) is 16.8 Å². The number of benzene rings is 3. The number of hydrogen-bond acceptors (Lipinski definition) is 4. The van der Waals surface area contributed by atoms with Gasteiger partial charge in [0.2, 0.25) is 0 Å². The number of anilines is 1. The summed E-state index contributed by atoms with van der Waals surface area (Å²) in [6.45, 7) is 1.93. The van der Waals surface area contributed by atoms with Crippen LogP contribution in [0.15, 0.2) is 78.5 Å². The molecule has 3 rings (SSSR count). The zero-order chi connectivity index (χ0) is 22.4. The Morgan fingerprint density at radius 2 is 1.71 bits per heavy atom. The van der Waals surface area contributed by atoms with Crippen molar-refractivity contribution in [2.45, 2.75) is 6.92 Å². The predicted molar refractivity (Wildman–Crippen MR) is 128 cm³/mol. The third-order valence-electron chi connectivity index (χ3n) is 4.31. The summed E-state index contributed by atoms with van der Waals surface area (Å²) in [7, 11) is 0. The molecule has 156 valence electrons. The number of nitrogens with one attached hydrogen (secondary N) is 2. The minimum atomic E-state index is -0.547. The van der Waals surface area contributed by atoms with Gasteiger partial charge < -0.3 is 10.6 Å². The monoisotopic (exact) mass is 527 g/mol. The van der Waals surface area contributed by atoms with Crippen molar-refractivity contribution >= 4 is 51.9 Å². The second-order valence-corrected chi connectivity index (χ2v) is 7.83. The maximum absolute atomic E-state index is 12.9. The Hall–Kier alpha value is -3.53. The zero-order valence-corrected chi connectivity index (χ0v) is 18.6. The molecule has 0 aromatic heterocycles. The first kappa shape index (κ1) is 22.2. The fraction of sp³-hybridized carbons (Fsp3) is 0.0435. The van der Waals surface area contributed by atoms with Crippen LogP contribution < -0.4 is 10.6 Å². The molecular weight excluding hydrogens is 509 g/mol. The molecule has 0 aliphatic rings. The van der Waals surface area contributed by atoms with Gasteiger partial charge in [-0.1, -0.05) is 42.0 Å². The Balaban J connectivity index is 1.94. The van der Waals surface area contributed by atoms with Gasteiger partial charge in [0, 0.05) is 21.4 Å². The Morgan fingerprint density at radius 3 is 2.39 bits per heavy atom. The molecule has 0 radical (unpaired) electrons. The van der Waals surface area contributed by atoms with Crippen LogP contribution in [0.5, 0.6) is 0 Å². The molecule has 0 atom stereocenters. The number of hydrogen-bond donors (Lipinski definition) is 2. The molecule has 2 N–H and O–H groups in total. The van der Waals surface area contributed by atoms with Crippen LogP contribution in [0.3, 0.4) is 0 Å². The van der Waals surface area contributed by atoms with Crippen LogP contribution in [-0.4, -0.2) is 16.7 Å². The first-order valence-electron chi connectivity index (χ1n) is 9.23. The van der Waals surface area contributed by atoms with Gasteiger partial charge in [0.1, 0.15) is 5.70 Å². The summed E-state index contributed by atoms with van der Waals surface area (Å²) in [6.07, 6.45) is 1.41. The van der Waals surface area contributed by atoms with Crippen molar-refractivity contribution in [1.82, 2.24) is 5.32 Å². The number of nitrogens with zero attached hydrogens (tertiary/aromatic N) is 1. The molecule has 0 unspecified atom stereocenters. The Bertz CT molecular complexity index is 1170. The quantitative estimate of drug-likeness (QED) is 0.206. The van der Waals surface area contributed by atoms with Gasteiger partial charge in [-0.15, -0.1) is 0 Å². The predicted octanol–water partition coefficient (Wildman–Crippen LogP) is 4.92. The molecule has 0 aliphatic carbocycles. The van der Waals surface area contributed by atoms with E-state index in [9.17, 15) is 19.7 Å². The highest BCUT2D eigenvalue weighted by molar-refractivity contribution is 14.1. The van der Waals surface area contributed by atoms with Crippen LogP contribution in [0.1, 0.15) is 21.5 Å². The molecule has 0 aliphatic heterocycles. The van der Waals surface area contributed by atoms with Crippen molar-refractivity contribution in [1.29, 1.82) is 0 Å². The van der Waals surface area contributed by atoms with Gasteiger partial charge in [-0.05, 0) is 65.4 Å². The topological polar surface area (TPSA) is 101 Å². The first-order valence-corrected chi connectivity index (χ1v) is 10.3. The normalized spacial score (nSPS) is 11.0. The number of non-ortho nitro benzene ring substituents is 1. The van der Waals surface area contributed by atoms with Gasteiger partial charge >= 0.3 is 0 Å². The molecule has 0 saturated carbocycles. The van der Waals surface area contributed by atoms with Crippen molar-refractivity contribution in [3.05, 3.63) is 109 Å². The molecule has 7 nitrogen and oxygen atoms in total. The van der Waals surface area contributed by atoms with Gasteiger partial charge in [0.15, 0.2) is 0 Å². The highest BCUT2D eigenvalue weighted by Gasteiger charge is 2.17. The molecular formula is C23H18IN3O4. The Kier molecular flexibility index (Phi) is 7.14. The lowest BCUT2D eigenvalue weighted by Crippen LogP contribution is -2.31. The van der Waals surface area contributed by atoms with Gasteiger partial charge in [0.05, 0.1) is 10.5 Å². The van der Waals surface area contributed by atoms with Crippen molar-refractivity contribution in [2.24, 2.45) is 0 Å². The van der Waals surface area contributed by atoms with E-state index in [-0.39, 0.29) is 11.4 Å². The van der Waals surface area contributed by atoms with Crippen molar-refractivity contribution in [3.63, 3.8) is 0 Å². The number of nitro benzene ring substituents is 1. The van der Waals surface area contributed by atoms with Gasteiger partial charge in [-0.2, -0.15) is 0 Å². The average Bonchev–Trinajstić information content (AvgIpc) is 2.75. The molecule has 31 heavy (non-hydrogen) atoms. The first-order chi connectivity index (χ1) is 14.8. The van der Waals surface area contributed by atoms with E-state index in [1.807, 2.05) is 47.7 Å². The fourth-order valence-corrected chi connectivity index (χ4v) is 3.36. The SMILES string of the molecule is Cc1ccc(NC(=O)/C(=C\c2cccc([N+](=O)[O-])c2)NC(=O)c2ccccc2I)cc1. The summed E-state index contributed by atoms with van der Waals surface area (Å²) in [5, 5.41) is 16.5. The molecule has 8 heteroatoms. The van der Waals surface area contributed by atoms with E-state index in [1.165, 1.54) is 24.3 Å². The number of rotatable bonds is 6. The van der Waals surface area contributed by atoms with Crippen LogP contribution in [0, 0.1) is 20.6 Å². The number of halogens is 1. The maximum atomic E-state index is 12.9. The molecule has 0 heterocycles. The van der Waals surface area contributed by atoms with Crippen molar-refractivity contribution in [3.8, 4) is 0 Å². The Morgan fingerprint density at radius 1 is 1.00 bits per heavy atom. The van der Waals surface area contributed by atoms with Crippen LogP contribution in [0.2, 0.25) is 0 Å². The summed E-state index contributed by atoms with van der Waals surface area (Å²) in [5.74, 6) is -1.00. The minimum Gasteiger partial charge on any atom is -0.321 e. The van der Waals surface area contributed by atoms with E-state index in [1.54, 1.807) is 36.4 Å². The van der Waals surface area contributed by atoms with Crippen molar-refractivity contribution in [2.75, 3.05) is 5.32 Å². The third kappa shape index (κ3) is 5.98. The highest BCUT2D eigenvalue weighted by Crippen LogP contribution is 2.18. The Labute approximate surface area is 192 Å². The zero-order valence-electron chi connectivity index (χ0n) is 16.5. The van der Waals surface area contributed by atoms with Crippen LogP contribution in [0.4, 0.5) is 11.4 Å². The smallest absolute Gasteiger partial charge is 0.272 e. The molecule has 0 bridgehead atoms.